The van der Waals surface area contributed by atoms with Crippen LogP contribution in [-0.2, 0) is 12.3 Å². The number of thioether (sulfide) groups is 1. The molecule has 1 aromatic carbocycles. The smallest absolute Gasteiger partial charge is 0.0897 e. The minimum atomic E-state index is 0.945. The van der Waals surface area contributed by atoms with Crippen LogP contribution >= 0.6 is 23.1 Å². The van der Waals surface area contributed by atoms with Gasteiger partial charge < -0.3 is 5.32 Å². The normalized spacial score (nSPS) is 10.8. The molecule has 0 aliphatic rings. The van der Waals surface area contributed by atoms with Gasteiger partial charge in [-0.05, 0) is 31.2 Å². The van der Waals surface area contributed by atoms with Crippen LogP contribution in [0.2, 0.25) is 0 Å². The lowest BCUT2D eigenvalue weighted by molar-refractivity contribution is 0.725. The van der Waals surface area contributed by atoms with Gasteiger partial charge in [-0.1, -0.05) is 19.1 Å². The number of aryl methyl sites for hydroxylation is 1. The molecule has 0 saturated heterocycles. The van der Waals surface area contributed by atoms with Gasteiger partial charge in [0.2, 0.25) is 0 Å². The highest BCUT2D eigenvalue weighted by Gasteiger charge is 2.01. The lowest BCUT2D eigenvalue weighted by Gasteiger charge is -2.05. The number of hydrogen-bond acceptors (Lipinski definition) is 4. The Morgan fingerprint density at radius 3 is 3.00 bits per heavy atom. The van der Waals surface area contributed by atoms with E-state index in [4.69, 9.17) is 0 Å². The monoisotopic (exact) mass is 278 g/mol. The van der Waals surface area contributed by atoms with Crippen molar-refractivity contribution >= 4 is 23.1 Å². The van der Waals surface area contributed by atoms with Crippen LogP contribution in [0.15, 0.2) is 34.5 Å². The maximum Gasteiger partial charge on any atom is 0.0897 e. The van der Waals surface area contributed by atoms with Crippen molar-refractivity contribution in [2.45, 2.75) is 31.0 Å². The van der Waals surface area contributed by atoms with Gasteiger partial charge in [0.15, 0.2) is 0 Å². The fourth-order valence-corrected chi connectivity index (χ4v) is 3.24. The van der Waals surface area contributed by atoms with E-state index in [-0.39, 0.29) is 0 Å². The molecule has 0 amide bonds. The van der Waals surface area contributed by atoms with Gasteiger partial charge in [-0.15, -0.1) is 23.1 Å². The molecule has 0 aliphatic heterocycles. The fourth-order valence-electron chi connectivity index (χ4n) is 1.65. The summed E-state index contributed by atoms with van der Waals surface area (Å²) in [5.74, 6) is 0.953. The summed E-state index contributed by atoms with van der Waals surface area (Å²) < 4.78 is 0. The van der Waals surface area contributed by atoms with E-state index in [1.165, 1.54) is 16.2 Å². The van der Waals surface area contributed by atoms with Crippen molar-refractivity contribution in [3.8, 4) is 0 Å². The Hall–Kier alpha value is -0.840. The zero-order valence-corrected chi connectivity index (χ0v) is 12.4. The molecular formula is C14H18N2S2. The molecule has 2 rings (SSSR count). The van der Waals surface area contributed by atoms with Gasteiger partial charge >= 0.3 is 0 Å². The van der Waals surface area contributed by atoms with Gasteiger partial charge in [-0.2, -0.15) is 0 Å². The first kappa shape index (κ1) is 13.6. The van der Waals surface area contributed by atoms with E-state index >= 15 is 0 Å². The third-order valence-corrected chi connectivity index (χ3v) is 4.38. The largest absolute Gasteiger partial charge is 0.313 e. The average molecular weight is 278 g/mol. The molecule has 0 aliphatic carbocycles. The van der Waals surface area contributed by atoms with Crippen LogP contribution in [0.25, 0.3) is 0 Å². The van der Waals surface area contributed by atoms with Crippen molar-refractivity contribution in [2.24, 2.45) is 0 Å². The van der Waals surface area contributed by atoms with Crippen LogP contribution in [0.5, 0.6) is 0 Å². The molecule has 0 atom stereocenters. The average Bonchev–Trinajstić information content (AvgIpc) is 2.80. The molecular weight excluding hydrogens is 260 g/mol. The maximum absolute atomic E-state index is 4.48. The van der Waals surface area contributed by atoms with Crippen LogP contribution in [-0.4, -0.2) is 11.5 Å². The van der Waals surface area contributed by atoms with E-state index in [0.29, 0.717) is 0 Å². The van der Waals surface area contributed by atoms with Gasteiger partial charge in [0.05, 0.1) is 10.7 Å². The lowest BCUT2D eigenvalue weighted by Crippen LogP contribution is -2.11. The molecule has 1 N–H and O–H groups in total. The summed E-state index contributed by atoms with van der Waals surface area (Å²) in [6, 6.07) is 8.72. The van der Waals surface area contributed by atoms with E-state index in [9.17, 15) is 0 Å². The van der Waals surface area contributed by atoms with E-state index in [0.717, 1.165) is 23.8 Å². The summed E-state index contributed by atoms with van der Waals surface area (Å²) >= 11 is 3.57. The van der Waals surface area contributed by atoms with Gasteiger partial charge in [-0.3, -0.25) is 0 Å². The SMILES string of the molecule is CCNCc1cccc(SCc2csc(C)n2)c1. The second-order valence-corrected chi connectivity index (χ2v) is 6.19. The number of aromatic nitrogens is 1. The van der Waals surface area contributed by atoms with E-state index in [2.05, 4.69) is 53.8 Å². The summed E-state index contributed by atoms with van der Waals surface area (Å²) in [7, 11) is 0. The van der Waals surface area contributed by atoms with Gasteiger partial charge in [-0.25, -0.2) is 4.98 Å². The summed E-state index contributed by atoms with van der Waals surface area (Å²) in [5, 5.41) is 6.64. The van der Waals surface area contributed by atoms with E-state index < -0.39 is 0 Å². The molecule has 4 heteroatoms. The summed E-state index contributed by atoms with van der Waals surface area (Å²) in [6.07, 6.45) is 0. The van der Waals surface area contributed by atoms with Gasteiger partial charge in [0.25, 0.3) is 0 Å². The molecule has 96 valence electrons. The first-order valence-electron chi connectivity index (χ1n) is 6.11. The summed E-state index contributed by atoms with van der Waals surface area (Å²) in [5.41, 5.74) is 2.52. The van der Waals surface area contributed by atoms with Crippen LogP contribution in [0.4, 0.5) is 0 Å². The molecule has 0 saturated carbocycles. The molecule has 0 bridgehead atoms. The minimum Gasteiger partial charge on any atom is -0.313 e. The lowest BCUT2D eigenvalue weighted by atomic mass is 10.2. The Bertz CT molecular complexity index is 494. The number of nitrogens with zero attached hydrogens (tertiary/aromatic N) is 1. The van der Waals surface area contributed by atoms with Crippen molar-refractivity contribution in [3.63, 3.8) is 0 Å². The zero-order valence-electron chi connectivity index (χ0n) is 10.8. The summed E-state index contributed by atoms with van der Waals surface area (Å²) in [6.45, 7) is 6.13. The molecule has 0 spiro atoms. The van der Waals surface area contributed by atoms with Gasteiger partial charge in [0.1, 0.15) is 0 Å². The third kappa shape index (κ3) is 4.12. The van der Waals surface area contributed by atoms with E-state index in [1.807, 2.05) is 11.8 Å². The maximum atomic E-state index is 4.48. The van der Waals surface area contributed by atoms with Crippen molar-refractivity contribution in [2.75, 3.05) is 6.54 Å². The predicted octanol–water partition coefficient (Wildman–Crippen LogP) is 3.85. The topological polar surface area (TPSA) is 24.9 Å². The predicted molar refractivity (Wildman–Crippen MR) is 80.2 cm³/mol. The Balaban J connectivity index is 1.92. The second-order valence-electron chi connectivity index (χ2n) is 4.07. The van der Waals surface area contributed by atoms with Crippen molar-refractivity contribution < 1.29 is 0 Å². The fraction of sp³-hybridized carbons (Fsp3) is 0.357. The Labute approximate surface area is 117 Å². The van der Waals surface area contributed by atoms with E-state index in [1.54, 1.807) is 11.3 Å². The number of rotatable bonds is 6. The number of benzene rings is 1. The van der Waals surface area contributed by atoms with Crippen LogP contribution in [0.3, 0.4) is 0 Å². The number of thiazole rings is 1. The molecule has 0 unspecified atom stereocenters. The molecule has 2 aromatic rings. The highest BCUT2D eigenvalue weighted by molar-refractivity contribution is 7.98. The zero-order chi connectivity index (χ0) is 12.8. The van der Waals surface area contributed by atoms with Crippen molar-refractivity contribution in [3.05, 3.63) is 45.9 Å². The van der Waals surface area contributed by atoms with Gasteiger partial charge in [0, 0.05) is 22.6 Å². The Kier molecular flexibility index (Phi) is 5.23. The van der Waals surface area contributed by atoms with Crippen LogP contribution in [0.1, 0.15) is 23.2 Å². The first-order chi connectivity index (χ1) is 8.78. The highest BCUT2D eigenvalue weighted by atomic mass is 32.2. The quantitative estimate of drug-likeness (QED) is 0.812. The molecule has 2 nitrogen and oxygen atoms in total. The molecule has 0 radical (unpaired) electrons. The standard InChI is InChI=1S/C14H18N2S2/c1-3-15-8-12-5-4-6-14(7-12)18-10-13-9-17-11(2)16-13/h4-7,9,15H,3,8,10H2,1-2H3. The van der Waals surface area contributed by atoms with Crippen LogP contribution < -0.4 is 5.32 Å². The third-order valence-electron chi connectivity index (χ3n) is 2.53. The molecule has 1 aromatic heterocycles. The Morgan fingerprint density at radius 2 is 2.28 bits per heavy atom. The summed E-state index contributed by atoms with van der Waals surface area (Å²) in [4.78, 5) is 5.80. The number of hydrogen-bond donors (Lipinski definition) is 1. The Morgan fingerprint density at radius 1 is 1.39 bits per heavy atom. The molecule has 0 fully saturated rings. The minimum absolute atomic E-state index is 0.945. The van der Waals surface area contributed by atoms with Crippen molar-refractivity contribution in [1.82, 2.24) is 10.3 Å². The second kappa shape index (κ2) is 6.92. The first-order valence-corrected chi connectivity index (χ1v) is 7.98. The number of nitrogens with one attached hydrogen (secondary N) is 1. The molecule has 1 heterocycles. The van der Waals surface area contributed by atoms with Crippen molar-refractivity contribution in [1.29, 1.82) is 0 Å². The van der Waals surface area contributed by atoms with Crippen LogP contribution in [0, 0.1) is 6.92 Å². The molecule has 18 heavy (non-hydrogen) atoms. The highest BCUT2D eigenvalue weighted by Crippen LogP contribution is 2.24.